The highest BCUT2D eigenvalue weighted by Crippen LogP contribution is 2.30. The Morgan fingerprint density at radius 1 is 1.09 bits per heavy atom. The first kappa shape index (κ1) is 22.2. The van der Waals surface area contributed by atoms with Crippen LogP contribution in [0.2, 0.25) is 0 Å². The Morgan fingerprint density at radius 2 is 1.91 bits per heavy atom. The molecule has 10 nitrogen and oxygen atoms in total. The number of hydrogen-bond acceptors (Lipinski definition) is 8. The van der Waals surface area contributed by atoms with Crippen LogP contribution in [0.15, 0.2) is 67.3 Å². The summed E-state index contributed by atoms with van der Waals surface area (Å²) < 4.78 is 3.30. The fourth-order valence-electron chi connectivity index (χ4n) is 3.91. The highest BCUT2D eigenvalue weighted by atomic mass is 16.3. The number of aliphatic hydroxyl groups is 1. The van der Waals surface area contributed by atoms with Crippen LogP contribution in [0.3, 0.4) is 0 Å². The third-order valence-electron chi connectivity index (χ3n) is 5.55. The van der Waals surface area contributed by atoms with Crippen molar-refractivity contribution in [1.29, 1.82) is 5.26 Å². The number of nitrogens with zero attached hydrogens (tertiary/aromatic N) is 8. The van der Waals surface area contributed by atoms with Gasteiger partial charge in [-0.2, -0.15) is 15.0 Å². The minimum atomic E-state index is -0.342. The molecule has 1 aromatic carbocycles. The summed E-state index contributed by atoms with van der Waals surface area (Å²) in [5.74, 6) is 0.578. The summed E-state index contributed by atoms with van der Waals surface area (Å²) in [6.07, 6.45) is 6.72. The van der Waals surface area contributed by atoms with E-state index < -0.39 is 0 Å². The number of hydrogen-bond donors (Lipinski definition) is 2. The number of nitrogens with one attached hydrogen (secondary N) is 1. The van der Waals surface area contributed by atoms with Crippen LogP contribution >= 0.6 is 0 Å². The second-order valence-electron chi connectivity index (χ2n) is 8.38. The highest BCUT2D eigenvalue weighted by molar-refractivity contribution is 5.79. The molecule has 0 spiro atoms. The van der Waals surface area contributed by atoms with Gasteiger partial charge in [0.1, 0.15) is 17.8 Å². The number of rotatable bonds is 7. The van der Waals surface area contributed by atoms with Gasteiger partial charge in [0.05, 0.1) is 24.6 Å². The third-order valence-corrected chi connectivity index (χ3v) is 5.55. The van der Waals surface area contributed by atoms with Crippen molar-refractivity contribution in [3.63, 3.8) is 0 Å². The normalized spacial score (nSPS) is 12.1. The highest BCUT2D eigenvalue weighted by Gasteiger charge is 2.19. The fourth-order valence-corrected chi connectivity index (χ4v) is 3.91. The standard InChI is InChI=1S/C25H23N9O/c1-16(2)30-21-9-24(34-25-19(12-29-34)8-17(10-26)11-28-25)27-13-20(21)22-14-33(32-31-22)23(15-35)18-6-4-3-5-7-18/h3-9,11-14,16,23,35H,15H2,1-2H3,(H,27,30). The van der Waals surface area contributed by atoms with Gasteiger partial charge >= 0.3 is 0 Å². The number of nitriles is 1. The summed E-state index contributed by atoms with van der Waals surface area (Å²) in [4.78, 5) is 9.01. The molecule has 4 heterocycles. The Labute approximate surface area is 201 Å². The smallest absolute Gasteiger partial charge is 0.164 e. The quantitative estimate of drug-likeness (QED) is 0.374. The zero-order valence-electron chi connectivity index (χ0n) is 19.2. The zero-order valence-corrected chi connectivity index (χ0v) is 19.2. The molecule has 4 aromatic heterocycles. The molecular weight excluding hydrogens is 442 g/mol. The SMILES string of the molecule is CC(C)Nc1cc(-n2ncc3cc(C#N)cnc32)ncc1-c1cn(C(CO)c2ccccc2)nn1. The topological polar surface area (TPSA) is 130 Å². The molecule has 35 heavy (non-hydrogen) atoms. The predicted molar refractivity (Wildman–Crippen MR) is 131 cm³/mol. The van der Waals surface area contributed by atoms with E-state index in [0.717, 1.165) is 22.2 Å². The molecule has 5 aromatic rings. The number of fused-ring (bicyclic) bond motifs is 1. The number of pyridine rings is 2. The van der Waals surface area contributed by atoms with Gasteiger partial charge in [-0.15, -0.1) is 5.10 Å². The van der Waals surface area contributed by atoms with E-state index >= 15 is 0 Å². The van der Waals surface area contributed by atoms with Gasteiger partial charge in [0.25, 0.3) is 0 Å². The first-order valence-electron chi connectivity index (χ1n) is 11.2. The molecule has 0 aliphatic heterocycles. The number of anilines is 1. The molecule has 0 saturated heterocycles. The summed E-state index contributed by atoms with van der Waals surface area (Å²) in [6, 6.07) is 15.2. The summed E-state index contributed by atoms with van der Waals surface area (Å²) in [5.41, 5.74) is 4.24. The lowest BCUT2D eigenvalue weighted by Gasteiger charge is -2.15. The second-order valence-corrected chi connectivity index (χ2v) is 8.38. The van der Waals surface area contributed by atoms with Gasteiger partial charge < -0.3 is 10.4 Å². The molecule has 2 N–H and O–H groups in total. The Kier molecular flexibility index (Phi) is 5.91. The van der Waals surface area contributed by atoms with Crippen molar-refractivity contribution < 1.29 is 5.11 Å². The first-order chi connectivity index (χ1) is 17.1. The Morgan fingerprint density at radius 3 is 2.66 bits per heavy atom. The molecule has 5 rings (SSSR count). The second kappa shape index (κ2) is 9.32. The molecule has 174 valence electrons. The van der Waals surface area contributed by atoms with Crippen LogP contribution in [0.4, 0.5) is 5.69 Å². The summed E-state index contributed by atoms with van der Waals surface area (Å²) in [5, 5.41) is 36.4. The molecule has 0 aliphatic rings. The Balaban J connectivity index is 1.54. The van der Waals surface area contributed by atoms with Crippen molar-refractivity contribution in [2.75, 3.05) is 11.9 Å². The molecule has 0 fully saturated rings. The van der Waals surface area contributed by atoms with Crippen LogP contribution in [-0.4, -0.2) is 52.5 Å². The van der Waals surface area contributed by atoms with Crippen LogP contribution in [0, 0.1) is 11.3 Å². The monoisotopic (exact) mass is 465 g/mol. The van der Waals surface area contributed by atoms with E-state index in [9.17, 15) is 5.11 Å². The van der Waals surface area contributed by atoms with E-state index in [0.29, 0.717) is 22.7 Å². The van der Waals surface area contributed by atoms with Crippen molar-refractivity contribution in [3.8, 4) is 23.1 Å². The lowest BCUT2D eigenvalue weighted by atomic mass is 10.1. The van der Waals surface area contributed by atoms with Crippen LogP contribution < -0.4 is 5.32 Å². The van der Waals surface area contributed by atoms with Crippen molar-refractivity contribution in [2.24, 2.45) is 0 Å². The van der Waals surface area contributed by atoms with Crippen LogP contribution in [0.25, 0.3) is 28.1 Å². The van der Waals surface area contributed by atoms with Crippen molar-refractivity contribution in [2.45, 2.75) is 25.9 Å². The Hall–Kier alpha value is -4.62. The largest absolute Gasteiger partial charge is 0.394 e. The minimum absolute atomic E-state index is 0.103. The molecule has 0 bridgehead atoms. The average Bonchev–Trinajstić information content (AvgIpc) is 3.52. The minimum Gasteiger partial charge on any atom is -0.394 e. The maximum Gasteiger partial charge on any atom is 0.164 e. The van der Waals surface area contributed by atoms with Crippen molar-refractivity contribution >= 4 is 16.7 Å². The van der Waals surface area contributed by atoms with E-state index in [-0.39, 0.29) is 18.7 Å². The van der Waals surface area contributed by atoms with Gasteiger partial charge in [-0.25, -0.2) is 14.6 Å². The van der Waals surface area contributed by atoms with E-state index in [1.807, 2.05) is 56.4 Å². The third kappa shape index (κ3) is 4.32. The van der Waals surface area contributed by atoms with E-state index in [4.69, 9.17) is 5.26 Å². The number of aliphatic hydroxyl groups excluding tert-OH is 1. The molecule has 0 radical (unpaired) electrons. The van der Waals surface area contributed by atoms with Gasteiger partial charge in [-0.3, -0.25) is 0 Å². The number of aromatic nitrogens is 7. The first-order valence-corrected chi connectivity index (χ1v) is 11.2. The summed E-state index contributed by atoms with van der Waals surface area (Å²) in [7, 11) is 0. The van der Waals surface area contributed by atoms with E-state index in [2.05, 4.69) is 36.8 Å². The van der Waals surface area contributed by atoms with Crippen LogP contribution in [0.5, 0.6) is 0 Å². The number of benzene rings is 1. The Bertz CT molecular complexity index is 1520. The molecule has 0 amide bonds. The van der Waals surface area contributed by atoms with E-state index in [1.165, 1.54) is 6.20 Å². The molecule has 0 aliphatic carbocycles. The molecule has 1 atom stereocenters. The van der Waals surface area contributed by atoms with Gasteiger partial charge in [0.15, 0.2) is 11.5 Å². The van der Waals surface area contributed by atoms with Crippen molar-refractivity contribution in [1.82, 2.24) is 34.7 Å². The van der Waals surface area contributed by atoms with Crippen LogP contribution in [-0.2, 0) is 0 Å². The van der Waals surface area contributed by atoms with Crippen molar-refractivity contribution in [3.05, 3.63) is 78.4 Å². The lowest BCUT2D eigenvalue weighted by molar-refractivity contribution is 0.239. The van der Waals surface area contributed by atoms with Gasteiger partial charge in [-0.1, -0.05) is 35.5 Å². The molecule has 1 unspecified atom stereocenters. The zero-order chi connectivity index (χ0) is 24.4. The summed E-state index contributed by atoms with van der Waals surface area (Å²) in [6.45, 7) is 3.99. The maximum atomic E-state index is 10.0. The predicted octanol–water partition coefficient (Wildman–Crippen LogP) is 3.35. The molecular formula is C25H23N9O. The van der Waals surface area contributed by atoms with Gasteiger partial charge in [-0.05, 0) is 25.5 Å². The van der Waals surface area contributed by atoms with E-state index in [1.54, 1.807) is 27.8 Å². The van der Waals surface area contributed by atoms with Gasteiger partial charge in [0, 0.05) is 41.1 Å². The maximum absolute atomic E-state index is 10.0. The summed E-state index contributed by atoms with van der Waals surface area (Å²) >= 11 is 0. The van der Waals surface area contributed by atoms with Crippen LogP contribution in [0.1, 0.15) is 31.0 Å². The van der Waals surface area contributed by atoms with Gasteiger partial charge in [0.2, 0.25) is 0 Å². The molecule has 10 heteroatoms. The lowest BCUT2D eigenvalue weighted by Crippen LogP contribution is -2.15. The fraction of sp³-hybridized carbons (Fsp3) is 0.200. The molecule has 0 saturated carbocycles. The average molecular weight is 466 g/mol.